The van der Waals surface area contributed by atoms with Crippen LogP contribution in [0.15, 0.2) is 158 Å². The number of fused-ring (bicyclic) bond motifs is 5. The zero-order chi connectivity index (χ0) is 34.5. The maximum atomic E-state index is 10.2. The molecule has 0 spiro atoms. The van der Waals surface area contributed by atoms with Gasteiger partial charge >= 0.3 is 0 Å². The summed E-state index contributed by atoms with van der Waals surface area (Å²) in [6.07, 6.45) is 0. The predicted molar refractivity (Wildman–Crippen MR) is 206 cm³/mol. The summed E-state index contributed by atoms with van der Waals surface area (Å²) in [6, 6.07) is 60.5. The van der Waals surface area contributed by atoms with E-state index in [0.29, 0.717) is 16.7 Å². The van der Waals surface area contributed by atoms with Crippen molar-refractivity contribution in [1.29, 1.82) is 15.8 Å². The fourth-order valence-corrected chi connectivity index (χ4v) is 7.60. The van der Waals surface area contributed by atoms with E-state index in [4.69, 9.17) is 0 Å². The Balaban J connectivity index is 1.21. The molecular weight excluding hydrogens is 621 g/mol. The second-order valence-electron chi connectivity index (χ2n) is 12.7. The van der Waals surface area contributed by atoms with Gasteiger partial charge in [0.25, 0.3) is 0 Å². The molecule has 0 aliphatic rings. The highest BCUT2D eigenvalue weighted by Crippen LogP contribution is 2.44. The third kappa shape index (κ3) is 4.81. The minimum atomic E-state index is 0.539. The average Bonchev–Trinajstić information content (AvgIpc) is 3.52. The Labute approximate surface area is 294 Å². The zero-order valence-corrected chi connectivity index (χ0v) is 27.3. The molecule has 4 nitrogen and oxygen atoms in total. The van der Waals surface area contributed by atoms with E-state index in [1.165, 1.54) is 38.2 Å². The molecule has 51 heavy (non-hydrogen) atoms. The van der Waals surface area contributed by atoms with E-state index in [2.05, 4.69) is 132 Å². The average molecular weight is 647 g/mol. The number of nitriles is 3. The molecule has 9 rings (SSSR count). The molecule has 0 radical (unpaired) electrons. The van der Waals surface area contributed by atoms with Crippen LogP contribution in [-0.2, 0) is 0 Å². The van der Waals surface area contributed by atoms with Gasteiger partial charge in [0.1, 0.15) is 0 Å². The first-order chi connectivity index (χ1) is 25.1. The van der Waals surface area contributed by atoms with Crippen LogP contribution < -0.4 is 0 Å². The highest BCUT2D eigenvalue weighted by Gasteiger charge is 2.18. The molecule has 8 aromatic carbocycles. The van der Waals surface area contributed by atoms with Gasteiger partial charge in [0.05, 0.1) is 45.9 Å². The van der Waals surface area contributed by atoms with Gasteiger partial charge in [-0.2, -0.15) is 15.8 Å². The van der Waals surface area contributed by atoms with Crippen molar-refractivity contribution in [2.75, 3.05) is 0 Å². The molecule has 1 aromatic heterocycles. The number of hydrogen-bond acceptors (Lipinski definition) is 3. The van der Waals surface area contributed by atoms with Gasteiger partial charge < -0.3 is 4.57 Å². The van der Waals surface area contributed by atoms with Crippen LogP contribution in [0.2, 0.25) is 0 Å². The van der Waals surface area contributed by atoms with Crippen LogP contribution in [0.25, 0.3) is 82.4 Å². The van der Waals surface area contributed by atoms with E-state index >= 15 is 0 Å². The number of benzene rings is 8. The molecule has 0 atom stereocenters. The third-order valence-electron chi connectivity index (χ3n) is 9.83. The molecule has 0 saturated heterocycles. The Hall–Kier alpha value is -7.45. The fourth-order valence-electron chi connectivity index (χ4n) is 7.60. The van der Waals surface area contributed by atoms with Crippen molar-refractivity contribution in [3.63, 3.8) is 0 Å². The topological polar surface area (TPSA) is 76.3 Å². The summed E-state index contributed by atoms with van der Waals surface area (Å²) < 4.78 is 2.11. The van der Waals surface area contributed by atoms with Gasteiger partial charge in [0.2, 0.25) is 0 Å². The van der Waals surface area contributed by atoms with Crippen LogP contribution in [0.1, 0.15) is 16.7 Å². The van der Waals surface area contributed by atoms with Gasteiger partial charge in [-0.1, -0.05) is 103 Å². The molecule has 0 aliphatic heterocycles. The smallest absolute Gasteiger partial charge is 0.0992 e. The van der Waals surface area contributed by atoms with Gasteiger partial charge in [-0.25, -0.2) is 0 Å². The van der Waals surface area contributed by atoms with Crippen molar-refractivity contribution in [2.45, 2.75) is 0 Å². The Morgan fingerprint density at radius 1 is 0.333 bits per heavy atom. The van der Waals surface area contributed by atoms with E-state index in [9.17, 15) is 15.8 Å². The number of aromatic nitrogens is 1. The van der Waals surface area contributed by atoms with Crippen LogP contribution in [-0.4, -0.2) is 4.57 Å². The monoisotopic (exact) mass is 646 g/mol. The quantitative estimate of drug-likeness (QED) is 0.179. The second-order valence-corrected chi connectivity index (χ2v) is 12.7. The van der Waals surface area contributed by atoms with Crippen molar-refractivity contribution < 1.29 is 0 Å². The van der Waals surface area contributed by atoms with Gasteiger partial charge in [-0.15, -0.1) is 0 Å². The molecule has 0 N–H and O–H groups in total. The summed E-state index contributed by atoms with van der Waals surface area (Å²) in [4.78, 5) is 0. The third-order valence-corrected chi connectivity index (χ3v) is 9.83. The highest BCUT2D eigenvalue weighted by atomic mass is 15.0. The molecule has 9 aromatic rings. The maximum absolute atomic E-state index is 10.2. The summed E-state index contributed by atoms with van der Waals surface area (Å²) in [7, 11) is 0. The van der Waals surface area contributed by atoms with Crippen molar-refractivity contribution in [3.05, 3.63) is 174 Å². The van der Waals surface area contributed by atoms with Gasteiger partial charge in [0.15, 0.2) is 0 Å². The van der Waals surface area contributed by atoms with Crippen LogP contribution in [0.4, 0.5) is 0 Å². The van der Waals surface area contributed by atoms with Crippen molar-refractivity contribution in [2.24, 2.45) is 0 Å². The van der Waals surface area contributed by atoms with E-state index in [0.717, 1.165) is 44.2 Å². The summed E-state index contributed by atoms with van der Waals surface area (Å²) in [5.41, 5.74) is 10.9. The first kappa shape index (κ1) is 29.7. The number of rotatable bonds is 4. The van der Waals surface area contributed by atoms with Crippen molar-refractivity contribution in [3.8, 4) is 57.3 Å². The predicted octanol–water partition coefficient (Wildman–Crippen LogP) is 11.7. The SMILES string of the molecule is N#Cc1cc(-c2ccc(-c3c4ccccc4c(-c4ccccc4)c4ccccc34)cc2)cc(-n2c3ccc(C#N)cc3c3cc(C#N)ccc32)c1. The molecule has 4 heteroatoms. The van der Waals surface area contributed by atoms with Crippen LogP contribution in [0.5, 0.6) is 0 Å². The molecule has 0 amide bonds. The fraction of sp³-hybridized carbons (Fsp3) is 0. The van der Waals surface area contributed by atoms with Crippen LogP contribution in [0.3, 0.4) is 0 Å². The normalized spacial score (nSPS) is 11.1. The Morgan fingerprint density at radius 2 is 0.784 bits per heavy atom. The largest absolute Gasteiger partial charge is 0.309 e. The second kappa shape index (κ2) is 11.9. The van der Waals surface area contributed by atoms with Gasteiger partial charge in [-0.3, -0.25) is 0 Å². The first-order valence-electron chi connectivity index (χ1n) is 16.7. The van der Waals surface area contributed by atoms with Crippen LogP contribution >= 0.6 is 0 Å². The molecule has 0 fully saturated rings. The minimum Gasteiger partial charge on any atom is -0.309 e. The van der Waals surface area contributed by atoms with Crippen LogP contribution in [0, 0.1) is 34.0 Å². The molecule has 0 aliphatic carbocycles. The molecule has 0 bridgehead atoms. The Bertz CT molecular complexity index is 2860. The standard InChI is InChI=1S/C47H26N4/c48-27-30-14-20-44-42(24-30)43-25-31(28-49)15-21-45(43)51(44)37-23-32(29-50)22-36(26-37)33-16-18-35(19-17-33)47-40-12-6-4-10-38(40)46(34-8-2-1-3-9-34)39-11-5-7-13-41(39)47/h1-26H. The molecule has 1 heterocycles. The lowest BCUT2D eigenvalue weighted by Crippen LogP contribution is -1.96. The molecular formula is C47H26N4. The van der Waals surface area contributed by atoms with E-state index in [1.807, 2.05) is 36.4 Å². The van der Waals surface area contributed by atoms with Crippen molar-refractivity contribution in [1.82, 2.24) is 4.57 Å². The molecule has 234 valence electrons. The highest BCUT2D eigenvalue weighted by molar-refractivity contribution is 6.21. The van der Waals surface area contributed by atoms with Gasteiger partial charge in [-0.05, 0) is 110 Å². The van der Waals surface area contributed by atoms with Gasteiger partial charge in [0, 0.05) is 16.5 Å². The summed E-state index contributed by atoms with van der Waals surface area (Å²) in [5.74, 6) is 0. The number of hydrogen-bond donors (Lipinski definition) is 0. The van der Waals surface area contributed by atoms with Crippen molar-refractivity contribution >= 4 is 43.4 Å². The molecule has 0 unspecified atom stereocenters. The van der Waals surface area contributed by atoms with E-state index < -0.39 is 0 Å². The van der Waals surface area contributed by atoms with E-state index in [1.54, 1.807) is 12.1 Å². The summed E-state index contributed by atoms with van der Waals surface area (Å²) in [5, 5.41) is 36.0. The van der Waals surface area contributed by atoms with E-state index in [-0.39, 0.29) is 0 Å². The lowest BCUT2D eigenvalue weighted by atomic mass is 9.85. The Morgan fingerprint density at radius 3 is 1.27 bits per heavy atom. The zero-order valence-electron chi connectivity index (χ0n) is 27.3. The lowest BCUT2D eigenvalue weighted by molar-refractivity contribution is 1.18. The number of nitrogens with zero attached hydrogens (tertiary/aromatic N) is 4. The first-order valence-corrected chi connectivity index (χ1v) is 16.7. The lowest BCUT2D eigenvalue weighted by Gasteiger charge is -2.18. The summed E-state index contributed by atoms with van der Waals surface area (Å²) >= 11 is 0. The minimum absolute atomic E-state index is 0.539. The maximum Gasteiger partial charge on any atom is 0.0992 e. The molecule has 0 saturated carbocycles. The Kier molecular flexibility index (Phi) is 6.93. The summed E-state index contributed by atoms with van der Waals surface area (Å²) in [6.45, 7) is 0.